The first-order valence-corrected chi connectivity index (χ1v) is 11.6. The zero-order chi connectivity index (χ0) is 25.4. The average Bonchev–Trinajstić information content (AvgIpc) is 3.11. The number of imide groups is 1. The number of anilines is 1. The van der Waals surface area contributed by atoms with E-state index in [-0.39, 0.29) is 28.8 Å². The number of para-hydroxylation sites is 1. The second-order valence-corrected chi connectivity index (χ2v) is 9.06. The minimum Gasteiger partial charge on any atom is -0.403 e. The van der Waals surface area contributed by atoms with Crippen LogP contribution in [-0.4, -0.2) is 34.2 Å². The lowest BCUT2D eigenvalue weighted by molar-refractivity contribution is 0.0647. The monoisotopic (exact) mass is 481 g/mol. The average molecular weight is 482 g/mol. The highest BCUT2D eigenvalue weighted by Crippen LogP contribution is 2.26. The molecule has 0 radical (unpaired) electrons. The Bertz CT molecular complexity index is 1590. The van der Waals surface area contributed by atoms with Crippen LogP contribution in [0.4, 0.5) is 5.69 Å². The van der Waals surface area contributed by atoms with Gasteiger partial charge in [-0.05, 0) is 60.9 Å². The molecule has 0 saturated heterocycles. The van der Waals surface area contributed by atoms with E-state index in [1.54, 1.807) is 48.5 Å². The Balaban J connectivity index is 1.38. The summed E-state index contributed by atoms with van der Waals surface area (Å²) in [6.07, 6.45) is 0.710. The maximum Gasteiger partial charge on any atom is 0.347 e. The molecule has 36 heavy (non-hydrogen) atoms. The van der Waals surface area contributed by atoms with Crippen LogP contribution in [0.2, 0.25) is 0 Å². The van der Waals surface area contributed by atoms with Gasteiger partial charge in [0.25, 0.3) is 17.7 Å². The number of aromatic nitrogens is 1. The van der Waals surface area contributed by atoms with Gasteiger partial charge in [0.1, 0.15) is 0 Å². The van der Waals surface area contributed by atoms with E-state index in [2.05, 4.69) is 10.3 Å². The maximum absolute atomic E-state index is 13.0. The summed E-state index contributed by atoms with van der Waals surface area (Å²) >= 11 is 0. The third-order valence-electron chi connectivity index (χ3n) is 6.07. The van der Waals surface area contributed by atoms with E-state index in [0.29, 0.717) is 46.6 Å². The molecule has 0 atom stereocenters. The Kier molecular flexibility index (Phi) is 5.93. The third-order valence-corrected chi connectivity index (χ3v) is 6.07. The van der Waals surface area contributed by atoms with Gasteiger partial charge in [0.15, 0.2) is 0 Å². The van der Waals surface area contributed by atoms with E-state index in [1.165, 1.54) is 23.1 Å². The molecule has 1 aromatic heterocycles. The van der Waals surface area contributed by atoms with Crippen LogP contribution in [0.15, 0.2) is 75.9 Å². The maximum atomic E-state index is 13.0. The van der Waals surface area contributed by atoms with Crippen LogP contribution >= 0.6 is 0 Å². The quantitative estimate of drug-likeness (QED) is 0.398. The van der Waals surface area contributed by atoms with Gasteiger partial charge in [-0.15, -0.1) is 0 Å². The molecule has 0 saturated carbocycles. The largest absolute Gasteiger partial charge is 0.403 e. The smallest absolute Gasteiger partial charge is 0.347 e. The topological polar surface area (TPSA) is 110 Å². The third kappa shape index (κ3) is 4.29. The van der Waals surface area contributed by atoms with Gasteiger partial charge >= 0.3 is 5.63 Å². The van der Waals surface area contributed by atoms with Crippen LogP contribution in [0.5, 0.6) is 0 Å². The first-order chi connectivity index (χ1) is 17.3. The Labute approximate surface area is 206 Å². The molecule has 0 aliphatic carbocycles. The van der Waals surface area contributed by atoms with Crippen molar-refractivity contribution in [2.75, 3.05) is 11.9 Å². The molecule has 0 bridgehead atoms. The fourth-order valence-corrected chi connectivity index (χ4v) is 4.10. The van der Waals surface area contributed by atoms with Crippen LogP contribution in [0.25, 0.3) is 22.4 Å². The summed E-state index contributed by atoms with van der Waals surface area (Å²) in [7, 11) is 0. The van der Waals surface area contributed by atoms with E-state index in [0.717, 1.165) is 0 Å². The Morgan fingerprint density at radius 1 is 0.944 bits per heavy atom. The van der Waals surface area contributed by atoms with Crippen molar-refractivity contribution in [3.63, 3.8) is 0 Å². The van der Waals surface area contributed by atoms with Gasteiger partial charge in [-0.3, -0.25) is 19.3 Å². The number of carbonyl (C=O) groups excluding carboxylic acids is 3. The van der Waals surface area contributed by atoms with Gasteiger partial charge in [-0.1, -0.05) is 32.0 Å². The van der Waals surface area contributed by atoms with Crippen LogP contribution in [-0.2, 0) is 0 Å². The standard InChI is InChI=1S/C28H23N3O5/c1-16(2)12-13-31-26(33)20-11-10-17(15-22(20)27(31)34)24(32)29-19-7-5-6-18(14-19)25-30-23-9-4-3-8-21(23)28(35)36-25/h3-11,14-16H,12-13H2,1-2H3,(H,29,32). The van der Waals surface area contributed by atoms with Gasteiger partial charge in [-0.25, -0.2) is 9.78 Å². The van der Waals surface area contributed by atoms with Gasteiger partial charge in [0.2, 0.25) is 5.89 Å². The molecule has 3 amide bonds. The molecule has 4 aromatic rings. The van der Waals surface area contributed by atoms with E-state index in [9.17, 15) is 19.2 Å². The van der Waals surface area contributed by atoms with Crippen molar-refractivity contribution >= 4 is 34.3 Å². The Hall–Kier alpha value is -4.59. The lowest BCUT2D eigenvalue weighted by Gasteiger charge is -2.14. The van der Waals surface area contributed by atoms with Gasteiger partial charge in [0, 0.05) is 23.4 Å². The molecular weight excluding hydrogens is 458 g/mol. The van der Waals surface area contributed by atoms with Gasteiger partial charge in [-0.2, -0.15) is 0 Å². The van der Waals surface area contributed by atoms with E-state index >= 15 is 0 Å². The molecule has 1 aliphatic rings. The molecule has 1 aliphatic heterocycles. The van der Waals surface area contributed by atoms with Gasteiger partial charge in [0.05, 0.1) is 22.0 Å². The van der Waals surface area contributed by atoms with Crippen molar-refractivity contribution in [1.29, 1.82) is 0 Å². The molecule has 8 heteroatoms. The lowest BCUT2D eigenvalue weighted by Crippen LogP contribution is -2.31. The normalized spacial score (nSPS) is 12.9. The molecule has 0 fully saturated rings. The number of amides is 3. The summed E-state index contributed by atoms with van der Waals surface area (Å²) in [6, 6.07) is 18.2. The van der Waals surface area contributed by atoms with Crippen LogP contribution in [0, 0.1) is 5.92 Å². The molecule has 0 unspecified atom stereocenters. The molecule has 1 N–H and O–H groups in total. The summed E-state index contributed by atoms with van der Waals surface area (Å²) in [6.45, 7) is 4.40. The number of nitrogens with zero attached hydrogens (tertiary/aromatic N) is 2. The molecule has 8 nitrogen and oxygen atoms in total. The van der Waals surface area contributed by atoms with Crippen LogP contribution < -0.4 is 10.9 Å². The highest BCUT2D eigenvalue weighted by molar-refractivity contribution is 6.22. The van der Waals surface area contributed by atoms with Crippen molar-refractivity contribution in [2.24, 2.45) is 5.92 Å². The van der Waals surface area contributed by atoms with Crippen LogP contribution in [0.3, 0.4) is 0 Å². The zero-order valence-electron chi connectivity index (χ0n) is 19.8. The number of benzene rings is 3. The van der Waals surface area contributed by atoms with Crippen LogP contribution in [0.1, 0.15) is 51.3 Å². The predicted molar refractivity (Wildman–Crippen MR) is 135 cm³/mol. The number of hydrogen-bond acceptors (Lipinski definition) is 6. The predicted octanol–water partition coefficient (Wildman–Crippen LogP) is 4.75. The van der Waals surface area contributed by atoms with E-state index in [4.69, 9.17) is 4.42 Å². The second kappa shape index (κ2) is 9.22. The minimum absolute atomic E-state index is 0.137. The first kappa shape index (κ1) is 23.2. The van der Waals surface area contributed by atoms with Crippen molar-refractivity contribution in [3.8, 4) is 11.5 Å². The zero-order valence-corrected chi connectivity index (χ0v) is 19.8. The molecular formula is C28H23N3O5. The summed E-state index contributed by atoms with van der Waals surface area (Å²) in [5, 5.41) is 3.18. The highest BCUT2D eigenvalue weighted by Gasteiger charge is 2.35. The van der Waals surface area contributed by atoms with E-state index in [1.807, 2.05) is 13.8 Å². The highest BCUT2D eigenvalue weighted by atomic mass is 16.4. The fraction of sp³-hybridized carbons (Fsp3) is 0.179. The molecule has 0 spiro atoms. The van der Waals surface area contributed by atoms with Crippen molar-refractivity contribution in [1.82, 2.24) is 9.88 Å². The first-order valence-electron chi connectivity index (χ1n) is 11.6. The fourth-order valence-electron chi connectivity index (χ4n) is 4.10. The number of rotatable bonds is 6. The van der Waals surface area contributed by atoms with Crippen molar-refractivity contribution < 1.29 is 18.8 Å². The summed E-state index contributed by atoms with van der Waals surface area (Å²) in [4.78, 5) is 56.4. The number of nitrogens with one attached hydrogen (secondary N) is 1. The summed E-state index contributed by atoms with van der Waals surface area (Å²) in [5.74, 6) is -0.671. The van der Waals surface area contributed by atoms with E-state index < -0.39 is 11.5 Å². The number of hydrogen-bond donors (Lipinski definition) is 1. The summed E-state index contributed by atoms with van der Waals surface area (Å²) in [5.41, 5.74) is 1.78. The lowest BCUT2D eigenvalue weighted by atomic mass is 10.1. The van der Waals surface area contributed by atoms with Crippen molar-refractivity contribution in [2.45, 2.75) is 20.3 Å². The minimum atomic E-state index is -0.496. The van der Waals surface area contributed by atoms with Crippen molar-refractivity contribution in [3.05, 3.63) is 93.8 Å². The molecule has 5 rings (SSSR count). The molecule has 3 aromatic carbocycles. The Morgan fingerprint density at radius 3 is 2.53 bits per heavy atom. The number of carbonyl (C=O) groups is 3. The Morgan fingerprint density at radius 2 is 1.72 bits per heavy atom. The SMILES string of the molecule is CC(C)CCN1C(=O)c2ccc(C(=O)Nc3cccc(-c4nc5ccccc5c(=O)o4)c3)cc2C1=O. The number of fused-ring (bicyclic) bond motifs is 2. The summed E-state index contributed by atoms with van der Waals surface area (Å²) < 4.78 is 5.38. The molecule has 2 heterocycles. The van der Waals surface area contributed by atoms with Gasteiger partial charge < -0.3 is 9.73 Å². The molecule has 180 valence electrons. The second-order valence-electron chi connectivity index (χ2n) is 9.06.